The van der Waals surface area contributed by atoms with Gasteiger partial charge in [0.15, 0.2) is 0 Å². The summed E-state index contributed by atoms with van der Waals surface area (Å²) in [7, 11) is 0. The fourth-order valence-electron chi connectivity index (χ4n) is 12.7. The molecule has 0 aromatic heterocycles. The molecule has 5 aliphatic carbocycles. The molecular weight excluding hydrogens is 420 g/mol. The third-order valence-corrected chi connectivity index (χ3v) is 14.3. The van der Waals surface area contributed by atoms with Crippen molar-refractivity contribution in [2.45, 2.75) is 138 Å². The van der Waals surface area contributed by atoms with Crippen LogP contribution in [0.4, 0.5) is 0 Å². The lowest BCUT2D eigenvalue weighted by molar-refractivity contribution is -0.235. The monoisotopic (exact) mass is 474 g/mol. The van der Waals surface area contributed by atoms with Gasteiger partial charge in [0.2, 0.25) is 0 Å². The average Bonchev–Trinajstić information content (AvgIpc) is 3.09. The molecule has 0 aliphatic heterocycles. The lowest BCUT2D eigenvalue weighted by Crippen LogP contribution is -2.65. The highest BCUT2D eigenvalue weighted by molar-refractivity contribution is 5.49. The number of hydrogen-bond donors (Lipinski definition) is 0. The first-order valence-corrected chi connectivity index (χ1v) is 15.5. The topological polar surface area (TPSA) is 0 Å². The Morgan fingerprint density at radius 2 is 1.40 bits per heavy atom. The molecule has 35 heavy (non-hydrogen) atoms. The van der Waals surface area contributed by atoms with Gasteiger partial charge in [0, 0.05) is 0 Å². The largest absolute Gasteiger partial charge is 0.0651 e. The Kier molecular flexibility index (Phi) is 5.35. The second kappa shape index (κ2) is 7.63. The fourth-order valence-corrected chi connectivity index (χ4v) is 12.7. The van der Waals surface area contributed by atoms with Crippen molar-refractivity contribution in [3.63, 3.8) is 0 Å². The molecule has 0 unspecified atom stereocenters. The van der Waals surface area contributed by atoms with Gasteiger partial charge < -0.3 is 0 Å². The van der Waals surface area contributed by atoms with Crippen LogP contribution in [-0.2, 0) is 12.8 Å². The van der Waals surface area contributed by atoms with Crippen molar-refractivity contribution in [1.29, 1.82) is 0 Å². The van der Waals surface area contributed by atoms with Gasteiger partial charge >= 0.3 is 0 Å². The Morgan fingerprint density at radius 1 is 0.743 bits per heavy atom. The van der Waals surface area contributed by atoms with Crippen molar-refractivity contribution < 1.29 is 0 Å². The molecule has 4 saturated carbocycles. The molecule has 8 atom stereocenters. The minimum absolute atomic E-state index is 0.460. The van der Waals surface area contributed by atoms with Gasteiger partial charge in [-0.2, -0.15) is 0 Å². The van der Waals surface area contributed by atoms with E-state index in [1.807, 2.05) is 0 Å². The predicted octanol–water partition coefficient (Wildman–Crippen LogP) is 10.1. The minimum atomic E-state index is 0.460. The lowest BCUT2D eigenvalue weighted by atomic mass is 9.32. The fraction of sp³-hybridized carbons (Fsp3) is 0.829. The zero-order chi connectivity index (χ0) is 25.0. The Labute approximate surface area is 217 Å². The molecule has 5 aliphatic rings. The first-order chi connectivity index (χ1) is 16.4. The van der Waals surface area contributed by atoms with Gasteiger partial charge in [-0.05, 0) is 144 Å². The molecule has 1 aromatic carbocycles. The van der Waals surface area contributed by atoms with Gasteiger partial charge in [0.25, 0.3) is 0 Å². The number of benzene rings is 1. The number of hydrogen-bond acceptors (Lipinski definition) is 0. The maximum Gasteiger partial charge on any atom is -0.00963 e. The standard InChI is InChI=1S/C35H54/c1-9-11-24-13-12-23(2)30-25(24)22-33(6)26(30)16-20-34(7)29(33)15-14-28-32(5)19-10-18-31(3,4)27(32)17-21-35(28,34)8/h12-13,26-29H,9-11,14-22H2,1-8H3/t26-,27-,28+,29+,32-,33-,34+,35+/m0/s1. The summed E-state index contributed by atoms with van der Waals surface area (Å²) in [5, 5.41) is 0. The lowest BCUT2D eigenvalue weighted by Gasteiger charge is -2.73. The molecule has 0 amide bonds. The Bertz CT molecular complexity index is 1020. The van der Waals surface area contributed by atoms with Crippen molar-refractivity contribution in [3.8, 4) is 0 Å². The van der Waals surface area contributed by atoms with E-state index in [1.54, 1.807) is 22.3 Å². The van der Waals surface area contributed by atoms with Crippen molar-refractivity contribution >= 4 is 0 Å². The zero-order valence-corrected chi connectivity index (χ0v) is 24.4. The van der Waals surface area contributed by atoms with Crippen LogP contribution in [0.3, 0.4) is 0 Å². The third kappa shape index (κ3) is 2.98. The zero-order valence-electron chi connectivity index (χ0n) is 24.4. The van der Waals surface area contributed by atoms with E-state index in [2.05, 4.69) is 67.5 Å². The third-order valence-electron chi connectivity index (χ3n) is 14.3. The molecule has 0 bridgehead atoms. The summed E-state index contributed by atoms with van der Waals surface area (Å²) < 4.78 is 0. The van der Waals surface area contributed by atoms with E-state index in [0.29, 0.717) is 27.1 Å². The number of aryl methyl sites for hydroxylation is 2. The minimum Gasteiger partial charge on any atom is -0.0651 e. The van der Waals surface area contributed by atoms with E-state index >= 15 is 0 Å². The molecule has 1 aromatic rings. The first kappa shape index (κ1) is 24.6. The molecule has 6 rings (SSSR count). The van der Waals surface area contributed by atoms with Gasteiger partial charge in [-0.15, -0.1) is 0 Å². The molecule has 0 spiro atoms. The molecule has 4 fully saturated rings. The Hall–Kier alpha value is -0.780. The molecule has 0 heteroatoms. The summed E-state index contributed by atoms with van der Waals surface area (Å²) in [6.07, 6.45) is 17.2. The van der Waals surface area contributed by atoms with Crippen molar-refractivity contribution in [2.75, 3.05) is 0 Å². The van der Waals surface area contributed by atoms with Gasteiger partial charge in [-0.1, -0.05) is 73.4 Å². The van der Waals surface area contributed by atoms with Crippen LogP contribution in [-0.4, -0.2) is 0 Å². The van der Waals surface area contributed by atoms with E-state index in [4.69, 9.17) is 0 Å². The highest BCUT2D eigenvalue weighted by atomic mass is 14.7. The van der Waals surface area contributed by atoms with Crippen molar-refractivity contribution in [2.24, 2.45) is 44.8 Å². The second-order valence-corrected chi connectivity index (χ2v) is 15.9. The summed E-state index contributed by atoms with van der Waals surface area (Å²) in [6.45, 7) is 21.2. The van der Waals surface area contributed by atoms with E-state index < -0.39 is 0 Å². The van der Waals surface area contributed by atoms with Gasteiger partial charge in [-0.25, -0.2) is 0 Å². The quantitative estimate of drug-likeness (QED) is 0.400. The summed E-state index contributed by atoms with van der Waals surface area (Å²) in [5.74, 6) is 3.54. The molecule has 194 valence electrons. The van der Waals surface area contributed by atoms with E-state index in [1.165, 1.54) is 77.0 Å². The van der Waals surface area contributed by atoms with Crippen LogP contribution in [0, 0.1) is 51.8 Å². The van der Waals surface area contributed by atoms with Gasteiger partial charge in [0.05, 0.1) is 0 Å². The maximum absolute atomic E-state index is 2.81. The summed E-state index contributed by atoms with van der Waals surface area (Å²) >= 11 is 0. The molecule has 0 heterocycles. The van der Waals surface area contributed by atoms with Crippen molar-refractivity contribution in [3.05, 3.63) is 34.4 Å². The molecule has 0 radical (unpaired) electrons. The first-order valence-electron chi connectivity index (χ1n) is 15.5. The van der Waals surface area contributed by atoms with Crippen LogP contribution in [0.5, 0.6) is 0 Å². The Balaban J connectivity index is 1.40. The van der Waals surface area contributed by atoms with E-state index in [0.717, 1.165) is 23.7 Å². The highest BCUT2D eigenvalue weighted by Gasteiger charge is 2.70. The van der Waals surface area contributed by atoms with Crippen LogP contribution < -0.4 is 0 Å². The normalized spacial score (nSPS) is 47.8. The van der Waals surface area contributed by atoms with Crippen LogP contribution >= 0.6 is 0 Å². The smallest absolute Gasteiger partial charge is 0.00963 e. The summed E-state index contributed by atoms with van der Waals surface area (Å²) in [6, 6.07) is 4.96. The number of rotatable bonds is 2. The van der Waals surface area contributed by atoms with Gasteiger partial charge in [0.1, 0.15) is 0 Å². The average molecular weight is 475 g/mol. The van der Waals surface area contributed by atoms with E-state index in [-0.39, 0.29) is 0 Å². The SMILES string of the molecule is CCCc1ccc(C)c2c1C[C@]1(C)[C@H]3CC[C@@H]4[C@@]5(C)CCCC(C)(C)[C@@H]5CC[C@@]4(C)[C@]3(C)CC[C@@H]21. The molecule has 0 nitrogen and oxygen atoms in total. The maximum atomic E-state index is 2.81. The van der Waals surface area contributed by atoms with Crippen molar-refractivity contribution in [1.82, 2.24) is 0 Å². The summed E-state index contributed by atoms with van der Waals surface area (Å²) in [4.78, 5) is 0. The van der Waals surface area contributed by atoms with E-state index in [9.17, 15) is 0 Å². The Morgan fingerprint density at radius 3 is 2.09 bits per heavy atom. The molecule has 0 N–H and O–H groups in total. The number of fused-ring (bicyclic) bond motifs is 9. The summed E-state index contributed by atoms with van der Waals surface area (Å²) in [5.41, 5.74) is 9.44. The van der Waals surface area contributed by atoms with Crippen LogP contribution in [0.1, 0.15) is 141 Å². The molecule has 0 saturated heterocycles. The highest BCUT2D eigenvalue weighted by Crippen LogP contribution is 2.78. The van der Waals surface area contributed by atoms with Gasteiger partial charge in [-0.3, -0.25) is 0 Å². The van der Waals surface area contributed by atoms with Crippen LogP contribution in [0.2, 0.25) is 0 Å². The van der Waals surface area contributed by atoms with Crippen LogP contribution in [0.25, 0.3) is 0 Å². The predicted molar refractivity (Wildman–Crippen MR) is 150 cm³/mol. The second-order valence-electron chi connectivity index (χ2n) is 15.9. The van der Waals surface area contributed by atoms with Crippen LogP contribution in [0.15, 0.2) is 12.1 Å². The molecular formula is C35H54.